The van der Waals surface area contributed by atoms with Crippen LogP contribution in [0.4, 0.5) is 0 Å². The van der Waals surface area contributed by atoms with Crippen molar-refractivity contribution >= 4 is 15.3 Å². The Labute approximate surface area is 83.0 Å². The number of allylic oxidation sites excluding steroid dienone is 6. The van der Waals surface area contributed by atoms with Gasteiger partial charge in [-0.05, 0) is 60.4 Å². The van der Waals surface area contributed by atoms with Crippen molar-refractivity contribution in [3.8, 4) is 0 Å². The van der Waals surface area contributed by atoms with Gasteiger partial charge in [0, 0.05) is 0 Å². The Morgan fingerprint density at radius 3 is 2.54 bits per heavy atom. The van der Waals surface area contributed by atoms with Crippen LogP contribution in [-0.2, 0) is 0 Å². The van der Waals surface area contributed by atoms with Gasteiger partial charge in [-0.15, -0.1) is 10.5 Å². The van der Waals surface area contributed by atoms with E-state index in [0.717, 1.165) is 0 Å². The van der Waals surface area contributed by atoms with Crippen molar-refractivity contribution in [1.29, 1.82) is 0 Å². The minimum absolute atomic E-state index is 0.355. The molecule has 1 heteroatoms. The first-order valence-corrected chi connectivity index (χ1v) is 5.95. The van der Waals surface area contributed by atoms with Gasteiger partial charge in [-0.1, -0.05) is 11.6 Å². The summed E-state index contributed by atoms with van der Waals surface area (Å²) in [7, 11) is 0.355. The topological polar surface area (TPSA) is 0 Å². The molecule has 1 heterocycles. The fourth-order valence-corrected chi connectivity index (χ4v) is 4.60. The molecule has 1 atom stereocenters. The van der Waals surface area contributed by atoms with Gasteiger partial charge in [-0.2, -0.15) is 0 Å². The van der Waals surface area contributed by atoms with Crippen LogP contribution in [0.5, 0.6) is 0 Å². The first-order valence-electron chi connectivity index (χ1n) is 4.72. The van der Waals surface area contributed by atoms with Crippen molar-refractivity contribution in [3.05, 3.63) is 33.1 Å². The van der Waals surface area contributed by atoms with E-state index in [1.165, 1.54) is 17.6 Å². The van der Waals surface area contributed by atoms with Gasteiger partial charge in [0.25, 0.3) is 0 Å². The average Bonchev–Trinajstić information content (AvgIpc) is 2.41. The van der Waals surface area contributed by atoms with E-state index in [1.807, 2.05) is 0 Å². The average molecular weight is 192 g/mol. The van der Waals surface area contributed by atoms with E-state index in [0.29, 0.717) is 10.5 Å². The minimum Gasteiger partial charge on any atom is -0.132 e. The molecule has 0 N–H and O–H groups in total. The third-order valence-electron chi connectivity index (χ3n) is 2.50. The van der Waals surface area contributed by atoms with Crippen LogP contribution in [0.3, 0.4) is 0 Å². The van der Waals surface area contributed by atoms with Gasteiger partial charge < -0.3 is 0 Å². The lowest BCUT2D eigenvalue weighted by Gasteiger charge is -2.10. The van der Waals surface area contributed by atoms with Gasteiger partial charge in [0.2, 0.25) is 0 Å². The molecular formula is C12H16S. The highest BCUT2D eigenvalue weighted by atomic mass is 32.2. The lowest BCUT2D eigenvalue weighted by atomic mass is 10.2. The summed E-state index contributed by atoms with van der Waals surface area (Å²) in [6, 6.07) is 0. The number of rotatable bonds is 0. The predicted molar refractivity (Wildman–Crippen MR) is 63.1 cm³/mol. The summed E-state index contributed by atoms with van der Waals surface area (Å²) in [5.74, 6) is 0. The molecule has 13 heavy (non-hydrogen) atoms. The summed E-state index contributed by atoms with van der Waals surface area (Å²) in [5, 5.41) is 0. The Balaban J connectivity index is 2.50. The van der Waals surface area contributed by atoms with Crippen molar-refractivity contribution in [2.75, 3.05) is 0 Å². The van der Waals surface area contributed by atoms with E-state index < -0.39 is 0 Å². The molecule has 0 fully saturated rings. The molecule has 2 aliphatic rings. The summed E-state index contributed by atoms with van der Waals surface area (Å²) in [6.07, 6.45) is 5.91. The molecule has 0 bridgehead atoms. The van der Waals surface area contributed by atoms with Crippen molar-refractivity contribution in [3.63, 3.8) is 0 Å². The standard InChI is InChI=1S/C12H16S/c1-8(2)13-10(4)7-11-5-9(3)6-12(11)13/h5,7H,6H2,1-4H3. The third-order valence-corrected chi connectivity index (χ3v) is 4.95. The second-order valence-electron chi connectivity index (χ2n) is 4.02. The molecule has 1 unspecified atom stereocenters. The highest BCUT2D eigenvalue weighted by molar-refractivity contribution is 8.22. The fraction of sp³-hybridized carbons (Fsp3) is 0.417. The second-order valence-corrected chi connectivity index (χ2v) is 6.58. The molecule has 0 spiro atoms. The highest BCUT2D eigenvalue weighted by Gasteiger charge is 2.21. The monoisotopic (exact) mass is 192 g/mol. The van der Waals surface area contributed by atoms with Crippen molar-refractivity contribution in [1.82, 2.24) is 0 Å². The zero-order valence-electron chi connectivity index (χ0n) is 8.77. The van der Waals surface area contributed by atoms with Crippen LogP contribution in [0.15, 0.2) is 33.1 Å². The number of hydrogen-bond donors (Lipinski definition) is 0. The Morgan fingerprint density at radius 2 is 1.92 bits per heavy atom. The zero-order valence-corrected chi connectivity index (χ0v) is 9.59. The van der Waals surface area contributed by atoms with Crippen LogP contribution in [0.25, 0.3) is 0 Å². The van der Waals surface area contributed by atoms with Gasteiger partial charge in [0.05, 0.1) is 0 Å². The van der Waals surface area contributed by atoms with Gasteiger partial charge in [-0.3, -0.25) is 0 Å². The van der Waals surface area contributed by atoms with E-state index in [9.17, 15) is 0 Å². The lowest BCUT2D eigenvalue weighted by Crippen LogP contribution is -1.86. The molecule has 0 aromatic carbocycles. The smallest absolute Gasteiger partial charge is 0.000183 e. The fourth-order valence-electron chi connectivity index (χ4n) is 2.11. The molecule has 0 aromatic heterocycles. The summed E-state index contributed by atoms with van der Waals surface area (Å²) in [4.78, 5) is 4.77. The molecule has 0 amide bonds. The summed E-state index contributed by atoms with van der Waals surface area (Å²) in [6.45, 7) is 9.00. The normalized spacial score (nSPS) is 26.0. The summed E-state index contributed by atoms with van der Waals surface area (Å²) < 4.78 is 0. The van der Waals surface area contributed by atoms with Crippen molar-refractivity contribution in [2.45, 2.75) is 34.1 Å². The summed E-state index contributed by atoms with van der Waals surface area (Å²) in [5.41, 5.74) is 3.02. The highest BCUT2D eigenvalue weighted by Crippen LogP contribution is 2.49. The second kappa shape index (κ2) is 2.98. The van der Waals surface area contributed by atoms with E-state index in [-0.39, 0.29) is 0 Å². The molecule has 0 radical (unpaired) electrons. The molecule has 1 aliphatic carbocycles. The number of hydrogen-bond acceptors (Lipinski definition) is 0. The lowest BCUT2D eigenvalue weighted by molar-refractivity contribution is 1.23. The third kappa shape index (κ3) is 1.35. The van der Waals surface area contributed by atoms with Crippen LogP contribution in [-0.4, -0.2) is 4.86 Å². The van der Waals surface area contributed by atoms with Gasteiger partial charge >= 0.3 is 0 Å². The van der Waals surface area contributed by atoms with Gasteiger partial charge in [0.15, 0.2) is 0 Å². The van der Waals surface area contributed by atoms with Crippen LogP contribution in [0.1, 0.15) is 34.1 Å². The van der Waals surface area contributed by atoms with Gasteiger partial charge in [0.1, 0.15) is 0 Å². The zero-order chi connectivity index (χ0) is 9.59. The Bertz CT molecular complexity index is 385. The maximum Gasteiger partial charge on any atom is -0.000183 e. The van der Waals surface area contributed by atoms with E-state index in [2.05, 4.69) is 39.8 Å². The maximum absolute atomic E-state index is 2.36. The molecule has 2 rings (SSSR count). The molecular weight excluding hydrogens is 176 g/mol. The van der Waals surface area contributed by atoms with Crippen molar-refractivity contribution < 1.29 is 0 Å². The molecule has 1 aliphatic heterocycles. The van der Waals surface area contributed by atoms with E-state index in [4.69, 9.17) is 0 Å². The SMILES string of the molecule is CC1=CC2=C(C1)S(=C(C)C)C(C)=C2. The molecule has 0 saturated heterocycles. The van der Waals surface area contributed by atoms with Crippen LogP contribution in [0, 0.1) is 0 Å². The van der Waals surface area contributed by atoms with E-state index >= 15 is 0 Å². The van der Waals surface area contributed by atoms with E-state index in [1.54, 1.807) is 14.7 Å². The largest absolute Gasteiger partial charge is 0.132 e. The Morgan fingerprint density at radius 1 is 1.23 bits per heavy atom. The molecule has 0 nitrogen and oxygen atoms in total. The predicted octanol–water partition coefficient (Wildman–Crippen LogP) is 3.99. The molecule has 0 aromatic rings. The van der Waals surface area contributed by atoms with Crippen LogP contribution < -0.4 is 0 Å². The first-order chi connectivity index (χ1) is 6.09. The Hall–Kier alpha value is -0.560. The van der Waals surface area contributed by atoms with Crippen molar-refractivity contribution in [2.24, 2.45) is 0 Å². The minimum atomic E-state index is 0.355. The quantitative estimate of drug-likeness (QED) is 0.509. The van der Waals surface area contributed by atoms with Crippen LogP contribution >= 0.6 is 10.5 Å². The maximum atomic E-state index is 2.36. The summed E-state index contributed by atoms with van der Waals surface area (Å²) >= 11 is 0. The molecule has 70 valence electrons. The Kier molecular flexibility index (Phi) is 2.07. The molecule has 0 saturated carbocycles. The van der Waals surface area contributed by atoms with Gasteiger partial charge in [-0.25, -0.2) is 0 Å². The van der Waals surface area contributed by atoms with Crippen LogP contribution in [0.2, 0.25) is 0 Å². The first kappa shape index (κ1) is 9.01.